The van der Waals surface area contributed by atoms with Gasteiger partial charge in [-0.3, -0.25) is 9.36 Å². The van der Waals surface area contributed by atoms with Crippen LogP contribution in [0.2, 0.25) is 0 Å². The number of benzene rings is 1. The summed E-state index contributed by atoms with van der Waals surface area (Å²) < 4.78 is 88.6. The lowest BCUT2D eigenvalue weighted by Crippen LogP contribution is -2.22. The Labute approximate surface area is 137 Å². The van der Waals surface area contributed by atoms with Crippen LogP contribution in [0.5, 0.6) is 0 Å². The van der Waals surface area contributed by atoms with Crippen molar-refractivity contribution in [1.82, 2.24) is 0 Å². The third-order valence-corrected chi connectivity index (χ3v) is 5.34. The number of carboxylic acid groups (broad SMARTS) is 1. The van der Waals surface area contributed by atoms with Gasteiger partial charge in [0, 0.05) is 6.42 Å². The lowest BCUT2D eigenvalue weighted by atomic mass is 10.1. The van der Waals surface area contributed by atoms with Crippen LogP contribution < -0.4 is 5.73 Å². The molecular weight excluding hydrogens is 379 g/mol. The molecule has 0 spiro atoms. The molecule has 0 aliphatic heterocycles. The Morgan fingerprint density at radius 1 is 1.08 bits per heavy atom. The number of carboxylic acids is 1. The van der Waals surface area contributed by atoms with Crippen molar-refractivity contribution in [2.24, 2.45) is 5.73 Å². The number of hydrogen-bond donors (Lipinski definition) is 3. The molecule has 0 radical (unpaired) electrons. The first-order valence-electron chi connectivity index (χ1n) is 6.70. The molecule has 25 heavy (non-hydrogen) atoms. The van der Waals surface area contributed by atoms with Crippen LogP contribution in [0.15, 0.2) is 18.2 Å². The predicted octanol–water partition coefficient (Wildman–Crippen LogP) is 3.64. The number of alkyl halides is 6. The van der Waals surface area contributed by atoms with Crippen molar-refractivity contribution in [2.45, 2.75) is 37.1 Å². The first-order chi connectivity index (χ1) is 11.1. The van der Waals surface area contributed by atoms with E-state index in [0.717, 1.165) is 0 Å². The molecule has 0 bridgehead atoms. The number of aliphatic carboxylic acids is 1. The number of nitrogens with two attached hydrogens (primary N) is 1. The molecule has 0 aliphatic rings. The van der Waals surface area contributed by atoms with E-state index in [1.165, 1.54) is 0 Å². The van der Waals surface area contributed by atoms with E-state index in [1.54, 1.807) is 0 Å². The Morgan fingerprint density at radius 2 is 1.52 bits per heavy atom. The van der Waals surface area contributed by atoms with Crippen molar-refractivity contribution in [3.05, 3.63) is 34.9 Å². The maximum Gasteiger partial charge on any atom is 0.416 e. The first-order valence-corrected chi connectivity index (χ1v) is 8.61. The second kappa shape index (κ2) is 7.35. The topological polar surface area (TPSA) is 101 Å². The minimum atomic E-state index is -5.08. The minimum absolute atomic E-state index is 0.101. The van der Waals surface area contributed by atoms with Crippen molar-refractivity contribution in [3.63, 3.8) is 0 Å². The van der Waals surface area contributed by atoms with E-state index in [-0.39, 0.29) is 6.07 Å². The first kappa shape index (κ1) is 21.5. The average molecular weight is 393 g/mol. The molecule has 4 N–H and O–H groups in total. The molecule has 0 aliphatic carbocycles. The molecule has 2 unspecified atom stereocenters. The highest BCUT2D eigenvalue weighted by Gasteiger charge is 2.38. The van der Waals surface area contributed by atoms with Crippen molar-refractivity contribution in [3.8, 4) is 0 Å². The summed E-state index contributed by atoms with van der Waals surface area (Å²) in [6.45, 7) is 0. The van der Waals surface area contributed by atoms with Gasteiger partial charge >= 0.3 is 18.3 Å². The van der Waals surface area contributed by atoms with Gasteiger partial charge < -0.3 is 15.7 Å². The summed E-state index contributed by atoms with van der Waals surface area (Å²) in [5.74, 6) is -2.90. The van der Waals surface area contributed by atoms with Crippen LogP contribution >= 0.6 is 7.37 Å². The molecule has 0 heterocycles. The Hall–Kier alpha value is -1.58. The largest absolute Gasteiger partial charge is 0.481 e. The van der Waals surface area contributed by atoms with Crippen molar-refractivity contribution >= 4 is 13.3 Å². The molecule has 0 amide bonds. The zero-order chi connectivity index (χ0) is 19.6. The lowest BCUT2D eigenvalue weighted by molar-refractivity contribution is -0.143. The van der Waals surface area contributed by atoms with Gasteiger partial charge in [-0.05, 0) is 30.2 Å². The van der Waals surface area contributed by atoms with Crippen LogP contribution in [0.4, 0.5) is 26.3 Å². The standard InChI is InChI=1S/C13H14F6NO4P/c14-12(15,16)8-3-7(4-9(5-8)13(17,18)19)6-25(23,24)10(20)1-2-11(21)22/h3-5,10H,1-2,6,20H2,(H,21,22)(H,23,24). The van der Waals surface area contributed by atoms with E-state index in [1.807, 2.05) is 0 Å². The van der Waals surface area contributed by atoms with Gasteiger partial charge in [0.05, 0.1) is 23.1 Å². The Kier molecular flexibility index (Phi) is 6.31. The molecule has 0 aromatic heterocycles. The minimum Gasteiger partial charge on any atom is -0.481 e. The highest BCUT2D eigenvalue weighted by Crippen LogP contribution is 2.50. The van der Waals surface area contributed by atoms with Gasteiger partial charge in [-0.25, -0.2) is 0 Å². The molecule has 1 aromatic carbocycles. The Balaban J connectivity index is 3.19. The van der Waals surface area contributed by atoms with Gasteiger partial charge in [0.2, 0.25) is 7.37 Å². The second-order valence-corrected chi connectivity index (χ2v) is 7.82. The monoisotopic (exact) mass is 393 g/mol. The van der Waals surface area contributed by atoms with Gasteiger partial charge in [-0.15, -0.1) is 0 Å². The molecular formula is C13H14F6NO4P. The summed E-state index contributed by atoms with van der Waals surface area (Å²) >= 11 is 0. The fourth-order valence-corrected chi connectivity index (χ4v) is 3.44. The Bertz CT molecular complexity index is 656. The van der Waals surface area contributed by atoms with Crippen LogP contribution in [-0.2, 0) is 27.9 Å². The molecule has 1 rings (SSSR count). The zero-order valence-corrected chi connectivity index (χ0v) is 13.3. The number of hydrogen-bond acceptors (Lipinski definition) is 3. The maximum absolute atomic E-state index is 12.7. The highest BCUT2D eigenvalue weighted by molar-refractivity contribution is 7.57. The summed E-state index contributed by atoms with van der Waals surface area (Å²) in [5, 5.41) is 8.49. The smallest absolute Gasteiger partial charge is 0.416 e. The van der Waals surface area contributed by atoms with Crippen LogP contribution in [0, 0.1) is 0 Å². The molecule has 5 nitrogen and oxygen atoms in total. The highest BCUT2D eigenvalue weighted by atomic mass is 31.2. The summed E-state index contributed by atoms with van der Waals surface area (Å²) in [6.07, 6.45) is -12.2. The van der Waals surface area contributed by atoms with E-state index in [0.29, 0.717) is 12.1 Å². The quantitative estimate of drug-likeness (QED) is 0.506. The summed E-state index contributed by atoms with van der Waals surface area (Å²) in [6, 6.07) is 0.570. The van der Waals surface area contributed by atoms with Gasteiger partial charge in [0.25, 0.3) is 0 Å². The van der Waals surface area contributed by atoms with Gasteiger partial charge in [-0.2, -0.15) is 26.3 Å². The lowest BCUT2D eigenvalue weighted by Gasteiger charge is -2.20. The number of halogens is 6. The fourth-order valence-electron chi connectivity index (χ4n) is 1.96. The Morgan fingerprint density at radius 3 is 1.88 bits per heavy atom. The third kappa shape index (κ3) is 6.33. The summed E-state index contributed by atoms with van der Waals surface area (Å²) in [7, 11) is -4.43. The van der Waals surface area contributed by atoms with Crippen LogP contribution in [0.25, 0.3) is 0 Å². The molecule has 1 aromatic rings. The van der Waals surface area contributed by atoms with E-state index in [2.05, 4.69) is 0 Å². The van der Waals surface area contributed by atoms with Crippen molar-refractivity contribution in [2.75, 3.05) is 0 Å². The van der Waals surface area contributed by atoms with E-state index < -0.39 is 67.2 Å². The molecule has 0 saturated carbocycles. The zero-order valence-electron chi connectivity index (χ0n) is 12.4. The van der Waals surface area contributed by atoms with Gasteiger partial charge in [0.1, 0.15) is 0 Å². The van der Waals surface area contributed by atoms with Gasteiger partial charge in [-0.1, -0.05) is 0 Å². The fraction of sp³-hybridized carbons (Fsp3) is 0.462. The van der Waals surface area contributed by atoms with Crippen LogP contribution in [0.1, 0.15) is 29.5 Å². The summed E-state index contributed by atoms with van der Waals surface area (Å²) in [4.78, 5) is 20.2. The number of rotatable bonds is 6. The predicted molar refractivity (Wildman–Crippen MR) is 74.8 cm³/mol. The average Bonchev–Trinajstić information content (AvgIpc) is 2.41. The maximum atomic E-state index is 12.7. The van der Waals surface area contributed by atoms with Crippen LogP contribution in [0.3, 0.4) is 0 Å². The number of carbonyl (C=O) groups is 1. The third-order valence-electron chi connectivity index (χ3n) is 3.23. The normalized spacial score (nSPS) is 16.3. The summed E-state index contributed by atoms with van der Waals surface area (Å²) in [5.41, 5.74) is 1.48. The van der Waals surface area contributed by atoms with Crippen molar-refractivity contribution in [1.29, 1.82) is 0 Å². The SMILES string of the molecule is NC(CCC(=O)O)P(=O)(O)Cc1cc(C(F)(F)F)cc(C(F)(F)F)c1. The molecule has 0 saturated heterocycles. The van der Waals surface area contributed by atoms with E-state index >= 15 is 0 Å². The molecule has 12 heteroatoms. The van der Waals surface area contributed by atoms with Gasteiger partial charge in [0.15, 0.2) is 0 Å². The molecule has 142 valence electrons. The molecule has 2 atom stereocenters. The van der Waals surface area contributed by atoms with E-state index in [4.69, 9.17) is 10.8 Å². The molecule has 0 fully saturated rings. The second-order valence-electron chi connectivity index (χ2n) is 5.33. The van der Waals surface area contributed by atoms with E-state index in [9.17, 15) is 40.6 Å². The van der Waals surface area contributed by atoms with Crippen molar-refractivity contribution < 1.29 is 45.7 Å². The van der Waals surface area contributed by atoms with Crippen LogP contribution in [-0.4, -0.2) is 21.8 Å².